The number of anilines is 2. The molecule has 138 valence electrons. The Morgan fingerprint density at radius 3 is 2.63 bits per heavy atom. The summed E-state index contributed by atoms with van der Waals surface area (Å²) in [5, 5.41) is 6.80. The second-order valence-electron chi connectivity index (χ2n) is 6.40. The van der Waals surface area contributed by atoms with E-state index in [2.05, 4.69) is 39.9 Å². The summed E-state index contributed by atoms with van der Waals surface area (Å²) in [6.45, 7) is 2.74. The number of nitrogens with one attached hydrogen (secondary N) is 2. The van der Waals surface area contributed by atoms with Gasteiger partial charge in [-0.15, -0.1) is 0 Å². The molecule has 0 atom stereocenters. The van der Waals surface area contributed by atoms with E-state index in [1.165, 1.54) is 5.56 Å². The van der Waals surface area contributed by atoms with Gasteiger partial charge < -0.3 is 10.6 Å². The molecule has 0 radical (unpaired) electrons. The Bertz CT molecular complexity index is 912. The molecule has 0 bridgehead atoms. The molecule has 1 amide bonds. The predicted octanol–water partition coefficient (Wildman–Crippen LogP) is 5.34. The lowest BCUT2D eigenvalue weighted by molar-refractivity contribution is 0.102. The summed E-state index contributed by atoms with van der Waals surface area (Å²) in [5.74, 6) is -0.213. The van der Waals surface area contributed by atoms with Crippen LogP contribution in [0.3, 0.4) is 0 Å². The molecule has 0 aliphatic heterocycles. The van der Waals surface area contributed by atoms with E-state index < -0.39 is 0 Å². The molecule has 4 nitrogen and oxygen atoms in total. The van der Waals surface area contributed by atoms with Gasteiger partial charge in [0.25, 0.3) is 5.91 Å². The number of benzene rings is 2. The van der Waals surface area contributed by atoms with Gasteiger partial charge in [0.2, 0.25) is 0 Å². The number of carbonyl (C=O) groups is 1. The number of halogens is 1. The molecule has 3 rings (SSSR count). The number of carbonyl (C=O) groups excluding carboxylic acids is 1. The number of hydrogen-bond acceptors (Lipinski definition) is 3. The molecular formula is C22H22ClN3O. The normalized spacial score (nSPS) is 10.4. The van der Waals surface area contributed by atoms with Crippen LogP contribution >= 0.6 is 11.6 Å². The standard InChI is InChI=1S/C22H22ClN3O/c1-16-9-10-19(13-21(16)23)26-22(27)18-12-20(15-24-14-18)25-11-5-8-17-6-3-2-4-7-17/h2-4,6-7,9-10,12-15,25H,5,8,11H2,1H3,(H,26,27). The first kappa shape index (κ1) is 18.9. The highest BCUT2D eigenvalue weighted by molar-refractivity contribution is 6.31. The summed E-state index contributed by atoms with van der Waals surface area (Å²) in [6, 6.07) is 17.6. The minimum atomic E-state index is -0.213. The van der Waals surface area contributed by atoms with Gasteiger partial charge in [-0.25, -0.2) is 0 Å². The van der Waals surface area contributed by atoms with Gasteiger partial charge in [-0.2, -0.15) is 0 Å². The van der Waals surface area contributed by atoms with E-state index in [1.807, 2.05) is 25.1 Å². The molecule has 1 heterocycles. The predicted molar refractivity (Wildman–Crippen MR) is 112 cm³/mol. The van der Waals surface area contributed by atoms with Crippen molar-refractivity contribution >= 4 is 28.9 Å². The van der Waals surface area contributed by atoms with E-state index >= 15 is 0 Å². The Balaban J connectivity index is 1.54. The fourth-order valence-corrected chi connectivity index (χ4v) is 2.89. The average Bonchev–Trinajstić information content (AvgIpc) is 2.69. The van der Waals surface area contributed by atoms with Crippen LogP contribution in [-0.4, -0.2) is 17.4 Å². The van der Waals surface area contributed by atoms with Crippen molar-refractivity contribution in [1.29, 1.82) is 0 Å². The first-order valence-electron chi connectivity index (χ1n) is 8.92. The van der Waals surface area contributed by atoms with Gasteiger partial charge in [0.1, 0.15) is 0 Å². The van der Waals surface area contributed by atoms with Crippen molar-refractivity contribution in [2.75, 3.05) is 17.2 Å². The average molecular weight is 380 g/mol. The van der Waals surface area contributed by atoms with Crippen LogP contribution in [0.1, 0.15) is 27.9 Å². The zero-order valence-electron chi connectivity index (χ0n) is 15.2. The van der Waals surface area contributed by atoms with Crippen molar-refractivity contribution < 1.29 is 4.79 Å². The molecule has 0 spiro atoms. The Morgan fingerprint density at radius 1 is 1.04 bits per heavy atom. The van der Waals surface area contributed by atoms with Crippen LogP contribution in [0.2, 0.25) is 5.02 Å². The van der Waals surface area contributed by atoms with Gasteiger partial charge in [-0.3, -0.25) is 9.78 Å². The number of pyridine rings is 1. The molecule has 0 aliphatic rings. The largest absolute Gasteiger partial charge is 0.384 e. The third-order valence-electron chi connectivity index (χ3n) is 4.24. The fourth-order valence-electron chi connectivity index (χ4n) is 2.70. The van der Waals surface area contributed by atoms with Gasteiger partial charge >= 0.3 is 0 Å². The van der Waals surface area contributed by atoms with Crippen LogP contribution in [0.15, 0.2) is 67.0 Å². The molecule has 0 saturated heterocycles. The Kier molecular flexibility index (Phi) is 6.44. The van der Waals surface area contributed by atoms with Crippen molar-refractivity contribution in [2.45, 2.75) is 19.8 Å². The maximum Gasteiger partial charge on any atom is 0.257 e. The van der Waals surface area contributed by atoms with E-state index in [0.29, 0.717) is 16.3 Å². The fraction of sp³-hybridized carbons (Fsp3) is 0.182. The summed E-state index contributed by atoms with van der Waals surface area (Å²) in [4.78, 5) is 16.6. The third-order valence-corrected chi connectivity index (χ3v) is 4.65. The number of rotatable bonds is 7. The van der Waals surface area contributed by atoms with E-state index in [4.69, 9.17) is 11.6 Å². The lowest BCUT2D eigenvalue weighted by Gasteiger charge is -2.09. The SMILES string of the molecule is Cc1ccc(NC(=O)c2cncc(NCCCc3ccccc3)c2)cc1Cl. The molecule has 0 fully saturated rings. The van der Waals surface area contributed by atoms with Crippen LogP contribution in [-0.2, 0) is 6.42 Å². The van der Waals surface area contributed by atoms with Gasteiger partial charge in [-0.1, -0.05) is 48.0 Å². The van der Waals surface area contributed by atoms with Crippen molar-refractivity contribution in [3.63, 3.8) is 0 Å². The molecule has 0 saturated carbocycles. The van der Waals surface area contributed by atoms with Gasteiger partial charge in [0.05, 0.1) is 11.3 Å². The minimum Gasteiger partial charge on any atom is -0.384 e. The Labute approximate surface area is 164 Å². The monoisotopic (exact) mass is 379 g/mol. The molecule has 2 N–H and O–H groups in total. The summed E-state index contributed by atoms with van der Waals surface area (Å²) in [7, 11) is 0. The second-order valence-corrected chi connectivity index (χ2v) is 6.80. The summed E-state index contributed by atoms with van der Waals surface area (Å²) < 4.78 is 0. The van der Waals surface area contributed by atoms with Crippen LogP contribution in [0.25, 0.3) is 0 Å². The van der Waals surface area contributed by atoms with E-state index in [9.17, 15) is 4.79 Å². The van der Waals surface area contributed by atoms with Crippen LogP contribution in [0.4, 0.5) is 11.4 Å². The lowest BCUT2D eigenvalue weighted by atomic mass is 10.1. The number of nitrogens with zero attached hydrogens (tertiary/aromatic N) is 1. The van der Waals surface area contributed by atoms with Gasteiger partial charge in [-0.05, 0) is 49.1 Å². The van der Waals surface area contributed by atoms with Crippen LogP contribution in [0, 0.1) is 6.92 Å². The molecule has 0 aliphatic carbocycles. The number of hydrogen-bond donors (Lipinski definition) is 2. The summed E-state index contributed by atoms with van der Waals surface area (Å²) >= 11 is 6.11. The van der Waals surface area contributed by atoms with Gasteiger partial charge in [0.15, 0.2) is 0 Å². The maximum absolute atomic E-state index is 12.5. The van der Waals surface area contributed by atoms with Gasteiger partial charge in [0, 0.05) is 29.6 Å². The lowest BCUT2D eigenvalue weighted by Crippen LogP contribution is -2.13. The zero-order valence-corrected chi connectivity index (χ0v) is 16.0. The van der Waals surface area contributed by atoms with Crippen molar-refractivity contribution in [3.05, 3.63) is 88.7 Å². The third kappa shape index (κ3) is 5.56. The van der Waals surface area contributed by atoms with E-state index in [-0.39, 0.29) is 5.91 Å². The number of amides is 1. The Morgan fingerprint density at radius 2 is 1.85 bits per heavy atom. The van der Waals surface area contributed by atoms with Crippen molar-refractivity contribution in [3.8, 4) is 0 Å². The topological polar surface area (TPSA) is 54.0 Å². The van der Waals surface area contributed by atoms with E-state index in [0.717, 1.165) is 30.6 Å². The first-order valence-corrected chi connectivity index (χ1v) is 9.30. The van der Waals surface area contributed by atoms with Crippen LogP contribution < -0.4 is 10.6 Å². The number of aromatic nitrogens is 1. The van der Waals surface area contributed by atoms with Crippen molar-refractivity contribution in [1.82, 2.24) is 4.98 Å². The molecular weight excluding hydrogens is 358 g/mol. The second kappa shape index (κ2) is 9.19. The highest BCUT2D eigenvalue weighted by Crippen LogP contribution is 2.20. The first-order chi connectivity index (χ1) is 13.1. The smallest absolute Gasteiger partial charge is 0.257 e. The number of aryl methyl sites for hydroxylation is 2. The van der Waals surface area contributed by atoms with Crippen LogP contribution in [0.5, 0.6) is 0 Å². The molecule has 3 aromatic rings. The van der Waals surface area contributed by atoms with E-state index in [1.54, 1.807) is 24.5 Å². The highest BCUT2D eigenvalue weighted by Gasteiger charge is 2.08. The quantitative estimate of drug-likeness (QED) is 0.545. The molecule has 27 heavy (non-hydrogen) atoms. The van der Waals surface area contributed by atoms with Crippen molar-refractivity contribution in [2.24, 2.45) is 0 Å². The summed E-state index contributed by atoms with van der Waals surface area (Å²) in [5.41, 5.74) is 4.29. The summed E-state index contributed by atoms with van der Waals surface area (Å²) in [6.07, 6.45) is 5.29. The molecule has 2 aromatic carbocycles. The molecule has 0 unspecified atom stereocenters. The molecule has 1 aromatic heterocycles. The maximum atomic E-state index is 12.5. The highest BCUT2D eigenvalue weighted by atomic mass is 35.5. The molecule has 5 heteroatoms. The Hall–Kier alpha value is -2.85. The zero-order chi connectivity index (χ0) is 19.1. The minimum absolute atomic E-state index is 0.213.